The fourth-order valence-electron chi connectivity index (χ4n) is 1.28. The Labute approximate surface area is 109 Å². The van der Waals surface area contributed by atoms with Crippen molar-refractivity contribution < 1.29 is 13.2 Å². The van der Waals surface area contributed by atoms with E-state index < -0.39 is 12.6 Å². The number of hydrogen-bond acceptors (Lipinski definition) is 3. The van der Waals surface area contributed by atoms with Crippen molar-refractivity contribution in [3.63, 3.8) is 0 Å². The summed E-state index contributed by atoms with van der Waals surface area (Å²) in [7, 11) is 1.72. The molecule has 19 heavy (non-hydrogen) atoms. The smallest absolute Gasteiger partial charge is 0.357 e. The molecule has 1 aromatic rings. The van der Waals surface area contributed by atoms with Crippen LogP contribution in [0, 0.1) is 0 Å². The third-order valence-corrected chi connectivity index (χ3v) is 2.23. The summed E-state index contributed by atoms with van der Waals surface area (Å²) >= 11 is 0. The van der Waals surface area contributed by atoms with E-state index in [0.717, 1.165) is 0 Å². The molecule has 0 fully saturated rings. The fraction of sp³-hybridized carbons (Fsp3) is 0.700. The molecule has 0 bridgehead atoms. The predicted octanol–water partition coefficient (Wildman–Crippen LogP) is 0.823. The van der Waals surface area contributed by atoms with Gasteiger partial charge < -0.3 is 10.6 Å². The predicted molar refractivity (Wildman–Crippen MR) is 64.5 cm³/mol. The highest BCUT2D eigenvalue weighted by atomic mass is 19.4. The second kappa shape index (κ2) is 6.95. The zero-order valence-electron chi connectivity index (χ0n) is 10.8. The highest BCUT2D eigenvalue weighted by Crippen LogP contribution is 2.17. The molecule has 0 saturated heterocycles. The summed E-state index contributed by atoms with van der Waals surface area (Å²) in [5.74, 6) is 0.961. The van der Waals surface area contributed by atoms with Crippen molar-refractivity contribution in [3.8, 4) is 0 Å². The standard InChI is InChI=1S/C10H17F3N6/c1-3-14-9(15-5-4-10(11,12)13)16-6-8-17-7-18-19(8)2/h7H,3-6H2,1-2H3,(H2,14,15,16). The van der Waals surface area contributed by atoms with Crippen LogP contribution in [0.4, 0.5) is 13.2 Å². The maximum atomic E-state index is 12.0. The SMILES string of the molecule is CCNC(=NCc1ncnn1C)NCCC(F)(F)F. The number of hydrogen-bond donors (Lipinski definition) is 2. The van der Waals surface area contributed by atoms with Crippen molar-refractivity contribution in [2.75, 3.05) is 13.1 Å². The Balaban J connectivity index is 2.49. The fourth-order valence-corrected chi connectivity index (χ4v) is 1.28. The molecular weight excluding hydrogens is 261 g/mol. The summed E-state index contributed by atoms with van der Waals surface area (Å²) in [6.07, 6.45) is -3.68. The summed E-state index contributed by atoms with van der Waals surface area (Å²) < 4.78 is 37.7. The average molecular weight is 278 g/mol. The monoisotopic (exact) mass is 278 g/mol. The van der Waals surface area contributed by atoms with Crippen molar-refractivity contribution in [2.45, 2.75) is 26.1 Å². The molecule has 2 N–H and O–H groups in total. The Kier molecular flexibility index (Phi) is 5.58. The number of aromatic nitrogens is 3. The average Bonchev–Trinajstić information content (AvgIpc) is 2.70. The Morgan fingerprint density at radius 3 is 2.68 bits per heavy atom. The van der Waals surface area contributed by atoms with Crippen LogP contribution in [-0.2, 0) is 13.6 Å². The molecule has 0 unspecified atom stereocenters. The Morgan fingerprint density at radius 2 is 2.16 bits per heavy atom. The molecule has 1 rings (SSSR count). The number of aliphatic imine (C=N–C) groups is 1. The minimum absolute atomic E-state index is 0.214. The lowest BCUT2D eigenvalue weighted by molar-refractivity contribution is -0.132. The minimum Gasteiger partial charge on any atom is -0.357 e. The lowest BCUT2D eigenvalue weighted by atomic mass is 10.4. The summed E-state index contributed by atoms with van der Waals surface area (Å²) in [6.45, 7) is 2.44. The maximum Gasteiger partial charge on any atom is 0.390 e. The second-order valence-corrected chi connectivity index (χ2v) is 3.79. The van der Waals surface area contributed by atoms with Gasteiger partial charge in [-0.25, -0.2) is 9.98 Å². The zero-order valence-corrected chi connectivity index (χ0v) is 10.8. The lowest BCUT2D eigenvalue weighted by Crippen LogP contribution is -2.39. The maximum absolute atomic E-state index is 12.0. The normalized spacial score (nSPS) is 12.6. The van der Waals surface area contributed by atoms with Gasteiger partial charge in [-0.05, 0) is 6.92 Å². The van der Waals surface area contributed by atoms with Crippen LogP contribution in [-0.4, -0.2) is 40.0 Å². The summed E-state index contributed by atoms with van der Waals surface area (Å²) in [4.78, 5) is 8.12. The molecule has 0 aliphatic heterocycles. The van der Waals surface area contributed by atoms with E-state index in [1.54, 1.807) is 11.7 Å². The van der Waals surface area contributed by atoms with Gasteiger partial charge >= 0.3 is 6.18 Å². The van der Waals surface area contributed by atoms with Gasteiger partial charge in [0, 0.05) is 20.1 Å². The highest BCUT2D eigenvalue weighted by molar-refractivity contribution is 5.79. The topological polar surface area (TPSA) is 67.1 Å². The molecule has 0 aliphatic rings. The first-order valence-electron chi connectivity index (χ1n) is 5.84. The van der Waals surface area contributed by atoms with E-state index in [4.69, 9.17) is 0 Å². The first kappa shape index (κ1) is 15.3. The van der Waals surface area contributed by atoms with Gasteiger partial charge in [-0.2, -0.15) is 18.3 Å². The van der Waals surface area contributed by atoms with Crippen LogP contribution < -0.4 is 10.6 Å². The molecule has 1 heterocycles. The molecule has 1 aromatic heterocycles. The molecule has 0 spiro atoms. The van der Waals surface area contributed by atoms with Crippen LogP contribution in [0.5, 0.6) is 0 Å². The van der Waals surface area contributed by atoms with Crippen molar-refractivity contribution >= 4 is 5.96 Å². The molecule has 0 atom stereocenters. The largest absolute Gasteiger partial charge is 0.390 e. The number of aryl methyl sites for hydroxylation is 1. The van der Waals surface area contributed by atoms with E-state index in [1.807, 2.05) is 6.92 Å². The molecule has 0 aromatic carbocycles. The van der Waals surface area contributed by atoms with Crippen LogP contribution in [0.25, 0.3) is 0 Å². The molecule has 9 heteroatoms. The Bertz CT molecular complexity index is 412. The van der Waals surface area contributed by atoms with Gasteiger partial charge in [-0.15, -0.1) is 0 Å². The summed E-state index contributed by atoms with van der Waals surface area (Å²) in [5, 5.41) is 9.37. The van der Waals surface area contributed by atoms with E-state index in [1.165, 1.54) is 6.33 Å². The van der Waals surface area contributed by atoms with Gasteiger partial charge in [-0.1, -0.05) is 0 Å². The highest BCUT2D eigenvalue weighted by Gasteiger charge is 2.26. The van der Waals surface area contributed by atoms with Gasteiger partial charge in [0.25, 0.3) is 0 Å². The molecule has 0 amide bonds. The third-order valence-electron chi connectivity index (χ3n) is 2.23. The number of halogens is 3. The summed E-state index contributed by atoms with van der Waals surface area (Å²) in [5.41, 5.74) is 0. The van der Waals surface area contributed by atoms with E-state index in [0.29, 0.717) is 18.3 Å². The second-order valence-electron chi connectivity index (χ2n) is 3.79. The number of rotatable bonds is 5. The lowest BCUT2D eigenvalue weighted by Gasteiger charge is -2.12. The van der Waals surface area contributed by atoms with Crippen molar-refractivity contribution in [2.24, 2.45) is 12.0 Å². The molecule has 108 valence electrons. The molecule has 0 radical (unpaired) electrons. The Hall–Kier alpha value is -1.80. The molecular formula is C10H17F3N6. The first-order chi connectivity index (χ1) is 8.92. The number of nitrogens with one attached hydrogen (secondary N) is 2. The van der Waals surface area contributed by atoms with E-state index in [9.17, 15) is 13.2 Å². The van der Waals surface area contributed by atoms with Crippen LogP contribution >= 0.6 is 0 Å². The third kappa shape index (κ3) is 6.07. The van der Waals surface area contributed by atoms with Crippen LogP contribution in [0.3, 0.4) is 0 Å². The number of nitrogens with zero attached hydrogens (tertiary/aromatic N) is 4. The first-order valence-corrected chi connectivity index (χ1v) is 5.84. The van der Waals surface area contributed by atoms with Crippen LogP contribution in [0.15, 0.2) is 11.3 Å². The Morgan fingerprint density at radius 1 is 1.42 bits per heavy atom. The molecule has 0 saturated carbocycles. The van der Waals surface area contributed by atoms with Gasteiger partial charge in [-0.3, -0.25) is 4.68 Å². The van der Waals surface area contributed by atoms with Crippen LogP contribution in [0.1, 0.15) is 19.2 Å². The van der Waals surface area contributed by atoms with E-state index >= 15 is 0 Å². The zero-order chi connectivity index (χ0) is 14.3. The number of guanidine groups is 1. The van der Waals surface area contributed by atoms with Gasteiger partial charge in [0.1, 0.15) is 18.7 Å². The molecule has 6 nitrogen and oxygen atoms in total. The minimum atomic E-state index is -4.17. The molecule has 0 aliphatic carbocycles. The summed E-state index contributed by atoms with van der Waals surface area (Å²) in [6, 6.07) is 0. The van der Waals surface area contributed by atoms with Gasteiger partial charge in [0.05, 0.1) is 6.42 Å². The van der Waals surface area contributed by atoms with E-state index in [2.05, 4.69) is 25.7 Å². The quantitative estimate of drug-likeness (QED) is 0.618. The van der Waals surface area contributed by atoms with Crippen LogP contribution in [0.2, 0.25) is 0 Å². The van der Waals surface area contributed by atoms with Gasteiger partial charge in [0.15, 0.2) is 5.96 Å². The van der Waals surface area contributed by atoms with Crippen molar-refractivity contribution in [1.29, 1.82) is 0 Å². The van der Waals surface area contributed by atoms with E-state index in [-0.39, 0.29) is 13.1 Å². The van der Waals surface area contributed by atoms with Gasteiger partial charge in [0.2, 0.25) is 0 Å². The van der Waals surface area contributed by atoms with Crippen molar-refractivity contribution in [1.82, 2.24) is 25.4 Å². The number of alkyl halides is 3. The van der Waals surface area contributed by atoms with Crippen molar-refractivity contribution in [3.05, 3.63) is 12.2 Å².